The van der Waals surface area contributed by atoms with E-state index in [9.17, 15) is 9.59 Å². The first-order valence-electron chi connectivity index (χ1n) is 19.3. The number of nitrogens with zero attached hydrogens (tertiary/aromatic N) is 1. The molecule has 59 heavy (non-hydrogen) atoms. The van der Waals surface area contributed by atoms with Gasteiger partial charge in [-0.05, 0) is 101 Å². The van der Waals surface area contributed by atoms with Gasteiger partial charge in [-0.2, -0.15) is 0 Å². The number of benzene rings is 4. The molecule has 0 atom stereocenters. The zero-order chi connectivity index (χ0) is 42.6. The van der Waals surface area contributed by atoms with Crippen molar-refractivity contribution in [2.75, 3.05) is 33.8 Å². The van der Waals surface area contributed by atoms with Crippen LogP contribution >= 0.6 is 0 Å². The van der Waals surface area contributed by atoms with Crippen LogP contribution in [-0.4, -0.2) is 62.7 Å². The normalized spacial score (nSPS) is 11.5. The second-order valence-corrected chi connectivity index (χ2v) is 15.4. The van der Waals surface area contributed by atoms with Gasteiger partial charge < -0.3 is 42.3 Å². The van der Waals surface area contributed by atoms with Gasteiger partial charge in [0.1, 0.15) is 17.9 Å². The van der Waals surface area contributed by atoms with Crippen LogP contribution < -0.4 is 33.7 Å². The fourth-order valence-electron chi connectivity index (χ4n) is 6.89. The third kappa shape index (κ3) is 9.12. The standard InChI is InChI=1S/C47H52N2O10/c1-27(2)57-39-22-31(17-18-35(39)52-8)41-42(44(45(50)55-11)49-20-19-30-21-40(58-28(3)4)37(54-10)23-32(30)43(41)49)33-24-36(53-9)38(56-26-29-15-13-12-14-16-29)25-34(33)48-46(51)59-47(5,6)7/h12-25,27-28H,26H2,1-11H3,(H,48,51). The molecule has 12 heteroatoms. The molecule has 6 aromatic rings. The number of rotatable bonds is 14. The molecular weight excluding hydrogens is 753 g/mol. The van der Waals surface area contributed by atoms with Crippen molar-refractivity contribution in [2.45, 2.75) is 72.9 Å². The van der Waals surface area contributed by atoms with E-state index in [0.717, 1.165) is 16.3 Å². The predicted octanol–water partition coefficient (Wildman–Crippen LogP) is 10.7. The van der Waals surface area contributed by atoms with Crippen LogP contribution in [-0.2, 0) is 16.1 Å². The zero-order valence-corrected chi connectivity index (χ0v) is 35.5. The molecule has 6 rings (SSSR count). The first-order chi connectivity index (χ1) is 28.2. The lowest BCUT2D eigenvalue weighted by Gasteiger charge is -2.22. The number of carbonyl (C=O) groups is 2. The highest BCUT2D eigenvalue weighted by Gasteiger charge is 2.32. The van der Waals surface area contributed by atoms with Gasteiger partial charge in [0.05, 0.1) is 51.9 Å². The second kappa shape index (κ2) is 17.5. The van der Waals surface area contributed by atoms with Gasteiger partial charge in [-0.1, -0.05) is 36.4 Å². The van der Waals surface area contributed by atoms with Crippen LogP contribution in [0.25, 0.3) is 38.5 Å². The fourth-order valence-corrected chi connectivity index (χ4v) is 6.89. The monoisotopic (exact) mass is 804 g/mol. The second-order valence-electron chi connectivity index (χ2n) is 15.4. The quantitative estimate of drug-likeness (QED) is 0.106. The number of aromatic nitrogens is 1. The van der Waals surface area contributed by atoms with Crippen LogP contribution in [0.3, 0.4) is 0 Å². The maximum absolute atomic E-state index is 14.3. The summed E-state index contributed by atoms with van der Waals surface area (Å²) in [5.41, 5.74) is 3.33. The van der Waals surface area contributed by atoms with Gasteiger partial charge in [0, 0.05) is 34.3 Å². The lowest BCUT2D eigenvalue weighted by Crippen LogP contribution is -2.27. The van der Waals surface area contributed by atoms with Gasteiger partial charge in [0.2, 0.25) is 0 Å². The number of ether oxygens (including phenoxy) is 8. The van der Waals surface area contributed by atoms with Gasteiger partial charge in [-0.15, -0.1) is 0 Å². The molecule has 0 spiro atoms. The molecule has 0 saturated heterocycles. The van der Waals surface area contributed by atoms with Crippen LogP contribution in [0.4, 0.5) is 10.5 Å². The number of pyridine rings is 1. The first kappa shape index (κ1) is 42.1. The number of methoxy groups -OCH3 is 4. The highest BCUT2D eigenvalue weighted by molar-refractivity contribution is 6.16. The summed E-state index contributed by atoms with van der Waals surface area (Å²) in [5.74, 6) is 2.15. The Hall–Kier alpha value is -6.56. The molecule has 0 fully saturated rings. The van der Waals surface area contributed by atoms with Crippen LogP contribution in [0.15, 0.2) is 85.1 Å². The predicted molar refractivity (Wildman–Crippen MR) is 229 cm³/mol. The van der Waals surface area contributed by atoms with E-state index in [2.05, 4.69) is 5.32 Å². The molecule has 0 saturated carbocycles. The van der Waals surface area contributed by atoms with Crippen LogP contribution in [0.1, 0.15) is 64.5 Å². The van der Waals surface area contributed by atoms with Crippen molar-refractivity contribution in [1.82, 2.24) is 4.40 Å². The lowest BCUT2D eigenvalue weighted by atomic mass is 9.92. The third-order valence-corrected chi connectivity index (χ3v) is 9.20. The van der Waals surface area contributed by atoms with Gasteiger partial charge in [0.15, 0.2) is 34.5 Å². The van der Waals surface area contributed by atoms with E-state index >= 15 is 0 Å². The molecule has 310 valence electrons. The Morgan fingerprint density at radius 2 is 1.34 bits per heavy atom. The summed E-state index contributed by atoms with van der Waals surface area (Å²) in [6.07, 6.45) is 0.799. The first-order valence-corrected chi connectivity index (χ1v) is 19.3. The number of anilines is 1. The molecule has 0 aliphatic carbocycles. The van der Waals surface area contributed by atoms with Crippen molar-refractivity contribution in [3.8, 4) is 56.8 Å². The molecule has 0 unspecified atom stereocenters. The Bertz CT molecular complexity index is 2480. The van der Waals surface area contributed by atoms with Crippen molar-refractivity contribution >= 4 is 34.0 Å². The zero-order valence-electron chi connectivity index (χ0n) is 35.5. The largest absolute Gasteiger partial charge is 0.493 e. The number of hydrogen-bond acceptors (Lipinski definition) is 10. The highest BCUT2D eigenvalue weighted by Crippen LogP contribution is 2.50. The summed E-state index contributed by atoms with van der Waals surface area (Å²) in [4.78, 5) is 28.0. The molecule has 1 N–H and O–H groups in total. The average Bonchev–Trinajstić information content (AvgIpc) is 3.54. The third-order valence-electron chi connectivity index (χ3n) is 9.20. The minimum absolute atomic E-state index is 0.115. The fraction of sp³-hybridized carbons (Fsp3) is 0.319. The Balaban J connectivity index is 1.77. The minimum atomic E-state index is -0.817. The van der Waals surface area contributed by atoms with E-state index in [1.807, 2.05) is 101 Å². The Kier molecular flexibility index (Phi) is 12.5. The average molecular weight is 805 g/mol. The van der Waals surface area contributed by atoms with Gasteiger partial charge in [-0.3, -0.25) is 5.32 Å². The SMILES string of the molecule is COC(=O)c1c(-c2cc(OC)c(OCc3ccccc3)cc2NC(=O)OC(C)(C)C)c(-c2ccc(OC)c(OC(C)C)c2)c2c3cc(OC)c(OC(C)C)cc3ccn12. The number of hydrogen-bond donors (Lipinski definition) is 1. The molecule has 2 aromatic heterocycles. The van der Waals surface area contributed by atoms with E-state index < -0.39 is 17.7 Å². The summed E-state index contributed by atoms with van der Waals surface area (Å²) in [6, 6.07) is 24.4. The number of nitrogens with one attached hydrogen (secondary N) is 1. The summed E-state index contributed by atoms with van der Waals surface area (Å²) in [7, 11) is 6.02. The van der Waals surface area contributed by atoms with E-state index in [1.165, 1.54) is 14.2 Å². The molecule has 2 heterocycles. The molecule has 12 nitrogen and oxygen atoms in total. The summed E-state index contributed by atoms with van der Waals surface area (Å²) in [5, 5.41) is 4.52. The van der Waals surface area contributed by atoms with Gasteiger partial charge >= 0.3 is 12.1 Å². The smallest absolute Gasteiger partial charge is 0.412 e. The van der Waals surface area contributed by atoms with Crippen LogP contribution in [0.2, 0.25) is 0 Å². The van der Waals surface area contributed by atoms with Crippen molar-refractivity contribution in [3.05, 3.63) is 96.3 Å². The highest BCUT2D eigenvalue weighted by atomic mass is 16.6. The number of amides is 1. The van der Waals surface area contributed by atoms with Crippen molar-refractivity contribution in [3.63, 3.8) is 0 Å². The van der Waals surface area contributed by atoms with E-state index in [-0.39, 0.29) is 30.2 Å². The lowest BCUT2D eigenvalue weighted by molar-refractivity contribution is 0.0592. The molecule has 0 aliphatic rings. The summed E-state index contributed by atoms with van der Waals surface area (Å²) in [6.45, 7) is 13.3. The topological polar surface area (TPSA) is 124 Å². The number of carbonyl (C=O) groups excluding carboxylic acids is 2. The summed E-state index contributed by atoms with van der Waals surface area (Å²) >= 11 is 0. The maximum Gasteiger partial charge on any atom is 0.412 e. The van der Waals surface area contributed by atoms with Crippen LogP contribution in [0.5, 0.6) is 34.5 Å². The molecule has 0 radical (unpaired) electrons. The Morgan fingerprint density at radius 1 is 0.695 bits per heavy atom. The number of fused-ring (bicyclic) bond motifs is 3. The van der Waals surface area contributed by atoms with Crippen molar-refractivity contribution in [2.24, 2.45) is 0 Å². The molecular formula is C47H52N2O10. The molecule has 1 amide bonds. The van der Waals surface area contributed by atoms with Crippen LogP contribution in [0, 0.1) is 0 Å². The molecule has 0 aliphatic heterocycles. The summed E-state index contributed by atoms with van der Waals surface area (Å²) < 4.78 is 49.4. The van der Waals surface area contributed by atoms with Crippen molar-refractivity contribution in [1.29, 1.82) is 0 Å². The van der Waals surface area contributed by atoms with E-state index in [0.29, 0.717) is 62.3 Å². The Labute approximate surface area is 344 Å². The number of esters is 1. The molecule has 4 aromatic carbocycles. The maximum atomic E-state index is 14.3. The van der Waals surface area contributed by atoms with E-state index in [1.54, 1.807) is 51.5 Å². The van der Waals surface area contributed by atoms with E-state index in [4.69, 9.17) is 37.9 Å². The minimum Gasteiger partial charge on any atom is -0.493 e. The van der Waals surface area contributed by atoms with Crippen molar-refractivity contribution < 1.29 is 47.5 Å². The Morgan fingerprint density at radius 3 is 1.95 bits per heavy atom. The van der Waals surface area contributed by atoms with Gasteiger partial charge in [0.25, 0.3) is 0 Å². The van der Waals surface area contributed by atoms with Gasteiger partial charge in [-0.25, -0.2) is 9.59 Å². The molecule has 0 bridgehead atoms.